The molecule has 0 aliphatic carbocycles. The van der Waals surface area contributed by atoms with Gasteiger partial charge in [0.25, 0.3) is 0 Å². The number of carbonyl (C=O) groups excluding carboxylic acids is 1. The standard InChI is InChI=1S/C12H10N2O4S/c1-7(9-4-5-10(19-9)12(16)17)13-14-11(15)8-3-2-6-18-8/h2-6H,1H3,(H,14,15)(H,16,17)/b13-7+. The number of carboxylic acids is 1. The zero-order valence-corrected chi connectivity index (χ0v) is 10.7. The summed E-state index contributed by atoms with van der Waals surface area (Å²) < 4.78 is 4.91. The van der Waals surface area contributed by atoms with Crippen molar-refractivity contribution in [3.8, 4) is 0 Å². The van der Waals surface area contributed by atoms with Gasteiger partial charge in [0.2, 0.25) is 0 Å². The largest absolute Gasteiger partial charge is 0.477 e. The third-order valence-corrected chi connectivity index (χ3v) is 3.43. The van der Waals surface area contributed by atoms with Gasteiger partial charge in [-0.05, 0) is 31.2 Å². The Hall–Kier alpha value is -2.41. The van der Waals surface area contributed by atoms with Crippen molar-refractivity contribution in [1.82, 2.24) is 5.43 Å². The highest BCUT2D eigenvalue weighted by atomic mass is 32.1. The van der Waals surface area contributed by atoms with E-state index in [1.165, 1.54) is 18.4 Å². The molecule has 0 aromatic carbocycles. The number of hydrogen-bond donors (Lipinski definition) is 2. The van der Waals surface area contributed by atoms with Crippen molar-refractivity contribution in [1.29, 1.82) is 0 Å². The summed E-state index contributed by atoms with van der Waals surface area (Å²) in [4.78, 5) is 23.2. The van der Waals surface area contributed by atoms with E-state index in [1.54, 1.807) is 19.1 Å². The lowest BCUT2D eigenvalue weighted by Gasteiger charge is -1.98. The molecule has 2 heterocycles. The van der Waals surface area contributed by atoms with Gasteiger partial charge in [-0.2, -0.15) is 5.10 Å². The Labute approximate surface area is 112 Å². The fraction of sp³-hybridized carbons (Fsp3) is 0.0833. The van der Waals surface area contributed by atoms with Crippen LogP contribution in [-0.4, -0.2) is 22.7 Å². The lowest BCUT2D eigenvalue weighted by molar-refractivity contribution is 0.0702. The molecule has 0 fully saturated rings. The van der Waals surface area contributed by atoms with Gasteiger partial charge >= 0.3 is 11.9 Å². The van der Waals surface area contributed by atoms with E-state index < -0.39 is 11.9 Å². The van der Waals surface area contributed by atoms with Crippen LogP contribution in [0, 0.1) is 0 Å². The molecule has 0 spiro atoms. The highest BCUT2D eigenvalue weighted by Crippen LogP contribution is 2.17. The third kappa shape index (κ3) is 3.08. The van der Waals surface area contributed by atoms with Crippen LogP contribution in [0.5, 0.6) is 0 Å². The van der Waals surface area contributed by atoms with E-state index in [0.717, 1.165) is 11.3 Å². The number of amides is 1. The Bertz CT molecular complexity index is 628. The van der Waals surface area contributed by atoms with E-state index in [4.69, 9.17) is 9.52 Å². The van der Waals surface area contributed by atoms with E-state index in [2.05, 4.69) is 10.5 Å². The van der Waals surface area contributed by atoms with Crippen LogP contribution in [0.4, 0.5) is 0 Å². The molecule has 98 valence electrons. The quantitative estimate of drug-likeness (QED) is 0.662. The number of carboxylic acid groups (broad SMARTS) is 1. The van der Waals surface area contributed by atoms with Gasteiger partial charge in [0.15, 0.2) is 5.76 Å². The van der Waals surface area contributed by atoms with Crippen LogP contribution >= 0.6 is 11.3 Å². The number of furan rings is 1. The predicted molar refractivity (Wildman–Crippen MR) is 69.7 cm³/mol. The Morgan fingerprint density at radius 3 is 2.63 bits per heavy atom. The zero-order valence-electron chi connectivity index (χ0n) is 9.91. The summed E-state index contributed by atoms with van der Waals surface area (Å²) in [5, 5.41) is 12.7. The number of hydrogen-bond acceptors (Lipinski definition) is 5. The molecule has 0 bridgehead atoms. The average Bonchev–Trinajstić information content (AvgIpc) is 3.05. The molecule has 7 heteroatoms. The highest BCUT2D eigenvalue weighted by Gasteiger charge is 2.10. The number of carbonyl (C=O) groups is 2. The van der Waals surface area contributed by atoms with Crippen LogP contribution in [0.25, 0.3) is 0 Å². The predicted octanol–water partition coefficient (Wildman–Crippen LogP) is 2.19. The van der Waals surface area contributed by atoms with Crippen molar-refractivity contribution in [3.05, 3.63) is 46.0 Å². The van der Waals surface area contributed by atoms with Crippen molar-refractivity contribution < 1.29 is 19.1 Å². The summed E-state index contributed by atoms with van der Waals surface area (Å²) >= 11 is 1.09. The summed E-state index contributed by atoms with van der Waals surface area (Å²) in [7, 11) is 0. The molecule has 0 aliphatic rings. The molecule has 0 radical (unpaired) electrons. The molecule has 19 heavy (non-hydrogen) atoms. The SMILES string of the molecule is C/C(=N\NC(=O)c1ccco1)c1ccc(C(=O)O)s1. The van der Waals surface area contributed by atoms with Crippen molar-refractivity contribution in [2.24, 2.45) is 5.10 Å². The second-order valence-corrected chi connectivity index (χ2v) is 4.67. The number of nitrogens with one attached hydrogen (secondary N) is 1. The minimum Gasteiger partial charge on any atom is -0.477 e. The van der Waals surface area contributed by atoms with Crippen LogP contribution in [0.15, 0.2) is 40.0 Å². The van der Waals surface area contributed by atoms with E-state index >= 15 is 0 Å². The molecule has 6 nitrogen and oxygen atoms in total. The summed E-state index contributed by atoms with van der Waals surface area (Å²) in [6.45, 7) is 1.68. The van der Waals surface area contributed by atoms with Gasteiger partial charge in [0.1, 0.15) is 4.88 Å². The highest BCUT2D eigenvalue weighted by molar-refractivity contribution is 7.15. The van der Waals surface area contributed by atoms with E-state index in [1.807, 2.05) is 0 Å². The maximum Gasteiger partial charge on any atom is 0.345 e. The maximum absolute atomic E-state index is 11.6. The van der Waals surface area contributed by atoms with E-state index in [0.29, 0.717) is 10.6 Å². The molecule has 2 aromatic rings. The number of aromatic carboxylic acids is 1. The minimum absolute atomic E-state index is 0.161. The van der Waals surface area contributed by atoms with E-state index in [9.17, 15) is 9.59 Å². The summed E-state index contributed by atoms with van der Waals surface area (Å²) in [5.74, 6) is -1.28. The van der Waals surface area contributed by atoms with Gasteiger partial charge in [0.05, 0.1) is 16.9 Å². The first-order chi connectivity index (χ1) is 9.08. The van der Waals surface area contributed by atoms with Gasteiger partial charge in [-0.15, -0.1) is 11.3 Å². The molecular weight excluding hydrogens is 268 g/mol. The summed E-state index contributed by atoms with van der Waals surface area (Å²) in [6, 6.07) is 6.26. The minimum atomic E-state index is -0.983. The lowest BCUT2D eigenvalue weighted by Crippen LogP contribution is -2.18. The molecule has 2 aromatic heterocycles. The van der Waals surface area contributed by atoms with Gasteiger partial charge in [-0.1, -0.05) is 0 Å². The maximum atomic E-state index is 11.6. The van der Waals surface area contributed by atoms with E-state index in [-0.39, 0.29) is 10.6 Å². The molecule has 2 rings (SSSR count). The molecule has 0 saturated heterocycles. The first kappa shape index (κ1) is 13.0. The van der Waals surface area contributed by atoms with Crippen LogP contribution < -0.4 is 5.43 Å². The van der Waals surface area contributed by atoms with Gasteiger partial charge in [-0.3, -0.25) is 4.79 Å². The van der Waals surface area contributed by atoms with Crippen LogP contribution in [0.3, 0.4) is 0 Å². The second kappa shape index (κ2) is 5.49. The topological polar surface area (TPSA) is 91.9 Å². The Balaban J connectivity index is 2.06. The number of nitrogens with zero attached hydrogens (tertiary/aromatic N) is 1. The summed E-state index contributed by atoms with van der Waals surface area (Å²) in [5.41, 5.74) is 2.86. The van der Waals surface area contributed by atoms with Crippen molar-refractivity contribution in [2.75, 3.05) is 0 Å². The van der Waals surface area contributed by atoms with Crippen LogP contribution in [0.2, 0.25) is 0 Å². The molecule has 0 atom stereocenters. The Morgan fingerprint density at radius 1 is 1.32 bits per heavy atom. The number of rotatable bonds is 4. The molecule has 1 amide bonds. The summed E-state index contributed by atoms with van der Waals surface area (Å²) in [6.07, 6.45) is 1.39. The fourth-order valence-corrected chi connectivity index (χ4v) is 2.09. The van der Waals surface area contributed by atoms with Crippen LogP contribution in [0.1, 0.15) is 32.0 Å². The fourth-order valence-electron chi connectivity index (χ4n) is 1.30. The monoisotopic (exact) mass is 278 g/mol. The molecule has 0 aliphatic heterocycles. The van der Waals surface area contributed by atoms with Crippen LogP contribution in [-0.2, 0) is 0 Å². The molecule has 0 unspecified atom stereocenters. The second-order valence-electron chi connectivity index (χ2n) is 3.58. The number of thiophene rings is 1. The van der Waals surface area contributed by atoms with Crippen molar-refractivity contribution >= 4 is 28.9 Å². The first-order valence-corrected chi connectivity index (χ1v) is 6.11. The molecule has 2 N–H and O–H groups in total. The normalized spacial score (nSPS) is 11.3. The molecule has 0 saturated carbocycles. The smallest absolute Gasteiger partial charge is 0.345 e. The first-order valence-electron chi connectivity index (χ1n) is 5.29. The Kier molecular flexibility index (Phi) is 3.76. The lowest BCUT2D eigenvalue weighted by atomic mass is 10.3. The van der Waals surface area contributed by atoms with Gasteiger partial charge in [-0.25, -0.2) is 10.2 Å². The van der Waals surface area contributed by atoms with Crippen molar-refractivity contribution in [2.45, 2.75) is 6.92 Å². The van der Waals surface area contributed by atoms with Gasteiger partial charge in [0, 0.05) is 0 Å². The third-order valence-electron chi connectivity index (χ3n) is 2.24. The molecular formula is C12H10N2O4S. The van der Waals surface area contributed by atoms with Crippen molar-refractivity contribution in [3.63, 3.8) is 0 Å². The Morgan fingerprint density at radius 2 is 2.05 bits per heavy atom. The van der Waals surface area contributed by atoms with Gasteiger partial charge < -0.3 is 9.52 Å². The number of hydrazone groups is 1. The zero-order chi connectivity index (χ0) is 13.8. The average molecular weight is 278 g/mol.